The average molecular weight is 498 g/mol. The highest BCUT2D eigenvalue weighted by atomic mass is 16.5. The van der Waals surface area contributed by atoms with E-state index < -0.39 is 5.97 Å². The van der Waals surface area contributed by atoms with Gasteiger partial charge in [0.05, 0.1) is 6.04 Å². The van der Waals surface area contributed by atoms with E-state index in [1.54, 1.807) is 6.08 Å². The molecule has 37 heavy (non-hydrogen) atoms. The zero-order chi connectivity index (χ0) is 26.2. The minimum atomic E-state index is -0.397. The molecule has 0 bridgehead atoms. The number of likely N-dealkylation sites (N-methyl/N-ethyl adjacent to an activating group) is 1. The van der Waals surface area contributed by atoms with Gasteiger partial charge < -0.3 is 19.9 Å². The summed E-state index contributed by atoms with van der Waals surface area (Å²) in [6.07, 6.45) is 3.16. The van der Waals surface area contributed by atoms with Gasteiger partial charge in [-0.15, -0.1) is 0 Å². The number of hydrogen-bond donors (Lipinski definition) is 1. The molecule has 0 saturated carbocycles. The van der Waals surface area contributed by atoms with Crippen molar-refractivity contribution in [1.82, 2.24) is 10.2 Å². The Hall–Kier alpha value is -3.90. The van der Waals surface area contributed by atoms with Crippen LogP contribution in [0.25, 0.3) is 6.08 Å². The molecule has 6 nitrogen and oxygen atoms in total. The number of carbonyl (C=O) groups excluding carboxylic acids is 2. The van der Waals surface area contributed by atoms with Gasteiger partial charge in [0, 0.05) is 43.5 Å². The van der Waals surface area contributed by atoms with Crippen molar-refractivity contribution in [2.45, 2.75) is 26.5 Å². The van der Waals surface area contributed by atoms with Gasteiger partial charge in [0.15, 0.2) is 0 Å². The maximum absolute atomic E-state index is 13.2. The lowest BCUT2D eigenvalue weighted by atomic mass is 10.0. The van der Waals surface area contributed by atoms with Crippen molar-refractivity contribution in [1.29, 1.82) is 0 Å². The molecule has 1 aliphatic rings. The number of esters is 1. The summed E-state index contributed by atoms with van der Waals surface area (Å²) in [6.45, 7) is 8.12. The summed E-state index contributed by atoms with van der Waals surface area (Å²) in [5, 5.41) is 3.14. The summed E-state index contributed by atoms with van der Waals surface area (Å²) in [6, 6.07) is 23.3. The van der Waals surface area contributed by atoms with Crippen LogP contribution in [0.5, 0.6) is 0 Å². The van der Waals surface area contributed by atoms with Crippen LogP contribution in [0.15, 0.2) is 78.9 Å². The number of benzene rings is 3. The molecule has 1 amide bonds. The average Bonchev–Trinajstić information content (AvgIpc) is 2.92. The summed E-state index contributed by atoms with van der Waals surface area (Å²) in [7, 11) is 2.13. The first-order valence-electron chi connectivity index (χ1n) is 12.7. The lowest BCUT2D eigenvalue weighted by Gasteiger charge is -2.34. The van der Waals surface area contributed by atoms with E-state index in [-0.39, 0.29) is 18.6 Å². The summed E-state index contributed by atoms with van der Waals surface area (Å²) in [4.78, 5) is 30.0. The Morgan fingerprint density at radius 1 is 0.973 bits per heavy atom. The Kier molecular flexibility index (Phi) is 8.75. The van der Waals surface area contributed by atoms with Crippen LogP contribution in [-0.2, 0) is 16.1 Å². The third kappa shape index (κ3) is 7.30. The molecule has 4 rings (SSSR count). The highest BCUT2D eigenvalue weighted by Crippen LogP contribution is 2.22. The van der Waals surface area contributed by atoms with Gasteiger partial charge in [-0.25, -0.2) is 4.79 Å². The molecule has 0 spiro atoms. The fourth-order valence-corrected chi connectivity index (χ4v) is 4.35. The van der Waals surface area contributed by atoms with Crippen molar-refractivity contribution in [3.05, 3.63) is 107 Å². The Morgan fingerprint density at radius 3 is 2.49 bits per heavy atom. The van der Waals surface area contributed by atoms with Gasteiger partial charge in [-0.05, 0) is 67.4 Å². The third-order valence-electron chi connectivity index (χ3n) is 6.73. The first kappa shape index (κ1) is 26.2. The molecule has 0 unspecified atom stereocenters. The van der Waals surface area contributed by atoms with Gasteiger partial charge in [0.1, 0.15) is 6.61 Å². The number of carbonyl (C=O) groups is 2. The second-order valence-corrected chi connectivity index (χ2v) is 9.58. The predicted molar refractivity (Wildman–Crippen MR) is 148 cm³/mol. The first-order valence-corrected chi connectivity index (χ1v) is 12.7. The standard InChI is InChI=1S/C31H35N3O3/c1-23-12-14-28(34-18-16-33(3)17-19-34)21-29(23)31(36)32-24(2)27-11-7-10-25(20-27)13-15-30(35)37-22-26-8-5-4-6-9-26/h4-15,20-21,24H,16-19,22H2,1-3H3,(H,32,36)/b15-13+/t24-/m1/s1. The van der Waals surface area contributed by atoms with Crippen molar-refractivity contribution in [3.63, 3.8) is 0 Å². The zero-order valence-corrected chi connectivity index (χ0v) is 21.8. The number of nitrogens with zero attached hydrogens (tertiary/aromatic N) is 2. The number of aryl methyl sites for hydroxylation is 1. The molecule has 1 heterocycles. The normalized spacial score (nSPS) is 14.9. The molecule has 6 heteroatoms. The SMILES string of the molecule is Cc1ccc(N2CCN(C)CC2)cc1C(=O)N[C@H](C)c1cccc(/C=C/C(=O)OCc2ccccc2)c1. The Labute approximate surface area is 219 Å². The zero-order valence-electron chi connectivity index (χ0n) is 21.8. The van der Waals surface area contributed by atoms with Crippen molar-refractivity contribution in [2.75, 3.05) is 38.1 Å². The van der Waals surface area contributed by atoms with Gasteiger partial charge in [0.2, 0.25) is 0 Å². The van der Waals surface area contributed by atoms with Crippen LogP contribution in [-0.4, -0.2) is 50.0 Å². The van der Waals surface area contributed by atoms with Crippen molar-refractivity contribution in [2.24, 2.45) is 0 Å². The van der Waals surface area contributed by atoms with Gasteiger partial charge in [-0.1, -0.05) is 54.6 Å². The van der Waals surface area contributed by atoms with Gasteiger partial charge in [0.25, 0.3) is 5.91 Å². The molecule has 0 aromatic heterocycles. The maximum atomic E-state index is 13.2. The maximum Gasteiger partial charge on any atom is 0.331 e. The van der Waals surface area contributed by atoms with Gasteiger partial charge in [-0.3, -0.25) is 4.79 Å². The number of anilines is 1. The van der Waals surface area contributed by atoms with Crippen LogP contribution in [0.3, 0.4) is 0 Å². The second-order valence-electron chi connectivity index (χ2n) is 9.58. The minimum Gasteiger partial charge on any atom is -0.458 e. The summed E-state index contributed by atoms with van der Waals surface area (Å²) >= 11 is 0. The van der Waals surface area contributed by atoms with Crippen LogP contribution in [0.4, 0.5) is 5.69 Å². The van der Waals surface area contributed by atoms with E-state index in [1.807, 2.05) is 80.6 Å². The fraction of sp³-hybridized carbons (Fsp3) is 0.290. The predicted octanol–water partition coefficient (Wildman–Crippen LogP) is 4.99. The molecule has 1 fully saturated rings. The molecule has 192 valence electrons. The third-order valence-corrected chi connectivity index (χ3v) is 6.73. The van der Waals surface area contributed by atoms with E-state index in [0.717, 1.165) is 54.1 Å². The van der Waals surface area contributed by atoms with E-state index in [0.29, 0.717) is 5.56 Å². The number of rotatable bonds is 8. The number of piperazine rings is 1. The van der Waals surface area contributed by atoms with E-state index in [4.69, 9.17) is 4.74 Å². The molecular weight excluding hydrogens is 462 g/mol. The van der Waals surface area contributed by atoms with Crippen molar-refractivity contribution >= 4 is 23.6 Å². The monoisotopic (exact) mass is 497 g/mol. The lowest BCUT2D eigenvalue weighted by molar-refractivity contribution is -0.138. The summed E-state index contributed by atoms with van der Waals surface area (Å²) in [5.41, 5.74) is 5.50. The van der Waals surface area contributed by atoms with Gasteiger partial charge in [-0.2, -0.15) is 0 Å². The molecule has 1 N–H and O–H groups in total. The smallest absolute Gasteiger partial charge is 0.331 e. The second kappa shape index (κ2) is 12.4. The number of nitrogens with one attached hydrogen (secondary N) is 1. The molecule has 0 aliphatic carbocycles. The number of hydrogen-bond acceptors (Lipinski definition) is 5. The Balaban J connectivity index is 1.37. The summed E-state index contributed by atoms with van der Waals surface area (Å²) < 4.78 is 5.31. The highest BCUT2D eigenvalue weighted by Gasteiger charge is 2.18. The Morgan fingerprint density at radius 2 is 1.73 bits per heavy atom. The van der Waals surface area contributed by atoms with Crippen LogP contribution >= 0.6 is 0 Å². The van der Waals surface area contributed by atoms with Crippen LogP contribution in [0.1, 0.15) is 45.6 Å². The van der Waals surface area contributed by atoms with Crippen molar-refractivity contribution in [3.8, 4) is 0 Å². The largest absolute Gasteiger partial charge is 0.458 e. The molecule has 3 aromatic carbocycles. The summed E-state index contributed by atoms with van der Waals surface area (Å²) in [5.74, 6) is -0.488. The molecule has 0 radical (unpaired) electrons. The van der Waals surface area contributed by atoms with E-state index >= 15 is 0 Å². The number of amides is 1. The molecule has 1 aliphatic heterocycles. The quantitative estimate of drug-likeness (QED) is 0.351. The first-order chi connectivity index (χ1) is 17.9. The van der Waals surface area contributed by atoms with Gasteiger partial charge >= 0.3 is 5.97 Å². The van der Waals surface area contributed by atoms with E-state index in [1.165, 1.54) is 6.08 Å². The highest BCUT2D eigenvalue weighted by molar-refractivity contribution is 5.97. The fourth-order valence-electron chi connectivity index (χ4n) is 4.35. The Bertz CT molecular complexity index is 1250. The van der Waals surface area contributed by atoms with Crippen LogP contribution in [0.2, 0.25) is 0 Å². The van der Waals surface area contributed by atoms with Crippen LogP contribution < -0.4 is 10.2 Å². The minimum absolute atomic E-state index is 0.0913. The molecule has 1 saturated heterocycles. The molecular formula is C31H35N3O3. The molecule has 3 aromatic rings. The van der Waals surface area contributed by atoms with Crippen molar-refractivity contribution < 1.29 is 14.3 Å². The topological polar surface area (TPSA) is 61.9 Å². The van der Waals surface area contributed by atoms with E-state index in [9.17, 15) is 9.59 Å². The molecule has 1 atom stereocenters. The van der Waals surface area contributed by atoms with Crippen LogP contribution in [0, 0.1) is 6.92 Å². The lowest BCUT2D eigenvalue weighted by Crippen LogP contribution is -2.44. The number of ether oxygens (including phenoxy) is 1. The van der Waals surface area contributed by atoms with E-state index in [2.05, 4.69) is 28.2 Å².